The summed E-state index contributed by atoms with van der Waals surface area (Å²) in [5.74, 6) is 0. The first-order valence-electron chi connectivity index (χ1n) is 17.5. The van der Waals surface area contributed by atoms with Crippen LogP contribution in [-0.4, -0.2) is 9.13 Å². The lowest BCUT2D eigenvalue weighted by molar-refractivity contribution is 1.04. The third-order valence-corrected chi connectivity index (χ3v) is 10.4. The fourth-order valence-corrected chi connectivity index (χ4v) is 8.05. The van der Waals surface area contributed by atoms with Crippen LogP contribution in [0.15, 0.2) is 182 Å². The predicted molar refractivity (Wildman–Crippen MR) is 212 cm³/mol. The standard InChI is InChI=1S/C48H34N2/c1-3-13-33(14-4-1)34-23-25-35(26-24-34)36-27-29-38(30-28-36)49-44-21-11-8-18-40(44)41-31-32-46-47(48(41)49)42-19-9-12-22-45(42)50(46)43-20-10-7-17-39(43)37-15-5-2-6-16-37/h1,3-5,7-32H,2,6H2. The lowest BCUT2D eigenvalue weighted by atomic mass is 9.98. The number of hydrogen-bond donors (Lipinski definition) is 0. The smallest absolute Gasteiger partial charge is 0.0641 e. The number of nitrogens with zero attached hydrogens (tertiary/aromatic N) is 2. The largest absolute Gasteiger partial charge is 0.309 e. The summed E-state index contributed by atoms with van der Waals surface area (Å²) in [7, 11) is 0. The maximum Gasteiger partial charge on any atom is 0.0641 e. The van der Waals surface area contributed by atoms with Crippen LogP contribution in [0.2, 0.25) is 0 Å². The van der Waals surface area contributed by atoms with Crippen molar-refractivity contribution in [2.75, 3.05) is 0 Å². The Morgan fingerprint density at radius 2 is 1.00 bits per heavy atom. The van der Waals surface area contributed by atoms with Gasteiger partial charge in [-0.25, -0.2) is 0 Å². The van der Waals surface area contributed by atoms with Gasteiger partial charge in [0.15, 0.2) is 0 Å². The second kappa shape index (κ2) is 11.6. The Balaban J connectivity index is 1.19. The molecule has 2 heteroatoms. The average molecular weight is 639 g/mol. The number of hydrogen-bond acceptors (Lipinski definition) is 0. The molecule has 10 rings (SSSR count). The second-order valence-electron chi connectivity index (χ2n) is 13.2. The molecule has 236 valence electrons. The Labute approximate surface area is 291 Å². The molecule has 2 aromatic heterocycles. The zero-order valence-electron chi connectivity index (χ0n) is 27.6. The summed E-state index contributed by atoms with van der Waals surface area (Å²) in [6, 6.07) is 59.8. The maximum absolute atomic E-state index is 2.48. The highest BCUT2D eigenvalue weighted by Crippen LogP contribution is 2.43. The van der Waals surface area contributed by atoms with Gasteiger partial charge >= 0.3 is 0 Å². The van der Waals surface area contributed by atoms with Gasteiger partial charge in [-0.3, -0.25) is 0 Å². The lowest BCUT2D eigenvalue weighted by Gasteiger charge is -2.16. The molecule has 2 heterocycles. The van der Waals surface area contributed by atoms with Crippen LogP contribution in [0, 0.1) is 0 Å². The van der Waals surface area contributed by atoms with E-state index in [1.165, 1.54) is 82.7 Å². The first kappa shape index (κ1) is 28.6. The zero-order valence-corrected chi connectivity index (χ0v) is 27.6. The molecule has 0 unspecified atom stereocenters. The van der Waals surface area contributed by atoms with Crippen LogP contribution >= 0.6 is 0 Å². The van der Waals surface area contributed by atoms with E-state index < -0.39 is 0 Å². The molecule has 7 aromatic carbocycles. The Bertz CT molecular complexity index is 2770. The van der Waals surface area contributed by atoms with Crippen molar-refractivity contribution in [3.63, 3.8) is 0 Å². The predicted octanol–water partition coefficient (Wildman–Crippen LogP) is 12.9. The molecule has 2 nitrogen and oxygen atoms in total. The highest BCUT2D eigenvalue weighted by atomic mass is 15.0. The van der Waals surface area contributed by atoms with Crippen molar-refractivity contribution in [2.45, 2.75) is 12.8 Å². The van der Waals surface area contributed by atoms with Crippen LogP contribution in [0.1, 0.15) is 18.4 Å². The molecule has 0 saturated heterocycles. The van der Waals surface area contributed by atoms with E-state index in [1.54, 1.807) is 0 Å². The van der Waals surface area contributed by atoms with Crippen LogP contribution in [0.25, 0.3) is 82.8 Å². The minimum atomic E-state index is 1.08. The lowest BCUT2D eigenvalue weighted by Crippen LogP contribution is -2.00. The van der Waals surface area contributed by atoms with Gasteiger partial charge in [0.1, 0.15) is 0 Å². The Hall–Kier alpha value is -6.38. The summed E-state index contributed by atoms with van der Waals surface area (Å²) < 4.78 is 4.96. The molecule has 9 aromatic rings. The van der Waals surface area contributed by atoms with Gasteiger partial charge in [0.2, 0.25) is 0 Å². The number of fused-ring (bicyclic) bond motifs is 7. The molecule has 0 N–H and O–H groups in total. The van der Waals surface area contributed by atoms with E-state index in [0.29, 0.717) is 0 Å². The topological polar surface area (TPSA) is 9.86 Å². The normalized spacial score (nSPS) is 13.1. The molecule has 0 spiro atoms. The third kappa shape index (κ3) is 4.49. The van der Waals surface area contributed by atoms with E-state index >= 15 is 0 Å². The minimum absolute atomic E-state index is 1.08. The molecular weight excluding hydrogens is 605 g/mol. The second-order valence-corrected chi connectivity index (χ2v) is 13.2. The van der Waals surface area contributed by atoms with Gasteiger partial charge in [-0.05, 0) is 77.1 Å². The van der Waals surface area contributed by atoms with Crippen LogP contribution in [0.5, 0.6) is 0 Å². The van der Waals surface area contributed by atoms with Gasteiger partial charge in [0.25, 0.3) is 0 Å². The van der Waals surface area contributed by atoms with Crippen molar-refractivity contribution in [3.8, 4) is 33.6 Å². The first-order valence-corrected chi connectivity index (χ1v) is 17.5. The Morgan fingerprint density at radius 3 is 1.72 bits per heavy atom. The molecule has 0 bridgehead atoms. The maximum atomic E-state index is 2.48. The van der Waals surface area contributed by atoms with Crippen molar-refractivity contribution in [3.05, 3.63) is 188 Å². The van der Waals surface area contributed by atoms with Crippen molar-refractivity contribution in [1.29, 1.82) is 0 Å². The van der Waals surface area contributed by atoms with Gasteiger partial charge in [0, 0.05) is 32.8 Å². The summed E-state index contributed by atoms with van der Waals surface area (Å²) in [5.41, 5.74) is 14.7. The number of aromatic nitrogens is 2. The average Bonchev–Trinajstić information content (AvgIpc) is 3.72. The van der Waals surface area contributed by atoms with Crippen molar-refractivity contribution < 1.29 is 0 Å². The molecule has 0 aliphatic heterocycles. The highest BCUT2D eigenvalue weighted by molar-refractivity contribution is 6.26. The van der Waals surface area contributed by atoms with Gasteiger partial charge < -0.3 is 9.13 Å². The summed E-state index contributed by atoms with van der Waals surface area (Å²) in [6.45, 7) is 0. The first-order chi connectivity index (χ1) is 24.8. The quantitative estimate of drug-likeness (QED) is 0.178. The Morgan fingerprint density at radius 1 is 0.400 bits per heavy atom. The van der Waals surface area contributed by atoms with Crippen molar-refractivity contribution in [2.24, 2.45) is 0 Å². The van der Waals surface area contributed by atoms with Crippen molar-refractivity contribution in [1.82, 2.24) is 9.13 Å². The highest BCUT2D eigenvalue weighted by Gasteiger charge is 2.22. The number of rotatable bonds is 5. The van der Waals surface area contributed by atoms with Gasteiger partial charge in [-0.15, -0.1) is 0 Å². The SMILES string of the molecule is C1=CC(c2ccccc2-n2c3ccccc3c3c2ccc2c4ccccc4n(-c4ccc(-c5ccc(-c6ccccc6)cc5)cc4)c23)=CCC1. The fraction of sp³-hybridized carbons (Fsp3) is 0.0417. The van der Waals surface area contributed by atoms with Gasteiger partial charge in [-0.2, -0.15) is 0 Å². The van der Waals surface area contributed by atoms with Crippen LogP contribution in [0.3, 0.4) is 0 Å². The number of benzene rings is 7. The Kier molecular flexibility index (Phi) is 6.67. The molecule has 0 atom stereocenters. The molecule has 0 amide bonds. The van der Waals surface area contributed by atoms with E-state index in [-0.39, 0.29) is 0 Å². The molecule has 50 heavy (non-hydrogen) atoms. The van der Waals surface area contributed by atoms with E-state index in [2.05, 4.69) is 191 Å². The zero-order chi connectivity index (χ0) is 33.0. The van der Waals surface area contributed by atoms with E-state index in [0.717, 1.165) is 18.5 Å². The van der Waals surface area contributed by atoms with Crippen molar-refractivity contribution >= 4 is 49.2 Å². The fourth-order valence-electron chi connectivity index (χ4n) is 8.05. The van der Waals surface area contributed by atoms with Crippen LogP contribution in [0.4, 0.5) is 0 Å². The summed E-state index contributed by atoms with van der Waals surface area (Å²) in [6.07, 6.45) is 9.14. The molecule has 1 aliphatic carbocycles. The molecule has 0 fully saturated rings. The third-order valence-electron chi connectivity index (χ3n) is 10.4. The van der Waals surface area contributed by atoms with Gasteiger partial charge in [-0.1, -0.05) is 146 Å². The van der Waals surface area contributed by atoms with E-state index in [4.69, 9.17) is 0 Å². The van der Waals surface area contributed by atoms with Crippen LogP contribution < -0.4 is 0 Å². The number of allylic oxidation sites excluding steroid dienone is 4. The molecule has 0 radical (unpaired) electrons. The van der Waals surface area contributed by atoms with E-state index in [1.807, 2.05) is 0 Å². The van der Waals surface area contributed by atoms with Gasteiger partial charge in [0.05, 0.1) is 27.8 Å². The molecule has 0 saturated carbocycles. The van der Waals surface area contributed by atoms with E-state index in [9.17, 15) is 0 Å². The summed E-state index contributed by atoms with van der Waals surface area (Å²) >= 11 is 0. The molecule has 1 aliphatic rings. The monoisotopic (exact) mass is 638 g/mol. The van der Waals surface area contributed by atoms with Crippen LogP contribution in [-0.2, 0) is 0 Å². The minimum Gasteiger partial charge on any atom is -0.309 e. The summed E-state index contributed by atoms with van der Waals surface area (Å²) in [5, 5.41) is 5.07. The summed E-state index contributed by atoms with van der Waals surface area (Å²) in [4.78, 5) is 0. The number of para-hydroxylation sites is 3. The molecular formula is C48H34N2.